The predicted molar refractivity (Wildman–Crippen MR) is 115 cm³/mol. The van der Waals surface area contributed by atoms with E-state index in [0.717, 1.165) is 48.3 Å². The highest BCUT2D eigenvalue weighted by molar-refractivity contribution is 7.81. The highest BCUT2D eigenvalue weighted by atomic mass is 32.1. The molecule has 25 heavy (non-hydrogen) atoms. The summed E-state index contributed by atoms with van der Waals surface area (Å²) in [6.45, 7) is 6.72. The molecule has 0 bridgehead atoms. The van der Waals surface area contributed by atoms with Crippen molar-refractivity contribution in [3.05, 3.63) is 12.1 Å². The summed E-state index contributed by atoms with van der Waals surface area (Å²) >= 11 is 9.36. The van der Waals surface area contributed by atoms with E-state index < -0.39 is 0 Å². The van der Waals surface area contributed by atoms with E-state index in [1.54, 1.807) is 0 Å². The van der Waals surface area contributed by atoms with Crippen LogP contribution < -0.4 is 10.2 Å². The van der Waals surface area contributed by atoms with Gasteiger partial charge in [0.25, 0.3) is 0 Å². The lowest BCUT2D eigenvalue weighted by Crippen LogP contribution is -2.36. The molecular formula is C20H34N2OS2. The third-order valence-corrected chi connectivity index (χ3v) is 5.50. The number of rotatable bonds is 11. The number of nitrogens with one attached hydrogen (secondary N) is 1. The summed E-state index contributed by atoms with van der Waals surface area (Å²) in [5.74, 6) is 0. The van der Waals surface area contributed by atoms with Crippen LogP contribution in [0.3, 0.4) is 0 Å². The van der Waals surface area contributed by atoms with Crippen LogP contribution in [0.4, 0.5) is 11.4 Å². The molecule has 2 rings (SSSR count). The van der Waals surface area contributed by atoms with Gasteiger partial charge in [-0.3, -0.25) is 0 Å². The molecule has 0 aromatic heterocycles. The number of hydrogen-bond donors (Lipinski definition) is 3. The SMILES string of the molecule is CCCCCCCCCCNc1c(S)cc(N2CCOCC2)cc1S. The number of hydrogen-bond acceptors (Lipinski definition) is 5. The molecule has 1 N–H and O–H groups in total. The lowest BCUT2D eigenvalue weighted by atomic mass is 10.1. The van der Waals surface area contributed by atoms with Crippen molar-refractivity contribution in [1.29, 1.82) is 0 Å². The molecule has 1 aromatic rings. The molecule has 142 valence electrons. The Morgan fingerprint density at radius 3 is 2.08 bits per heavy atom. The number of benzene rings is 1. The number of ether oxygens (including phenoxy) is 1. The average Bonchev–Trinajstić information content (AvgIpc) is 2.62. The summed E-state index contributed by atoms with van der Waals surface area (Å²) in [6.07, 6.45) is 10.7. The monoisotopic (exact) mass is 382 g/mol. The van der Waals surface area contributed by atoms with Gasteiger partial charge in [0.15, 0.2) is 0 Å². The maximum atomic E-state index is 5.43. The van der Waals surface area contributed by atoms with E-state index in [9.17, 15) is 0 Å². The number of thiol groups is 2. The van der Waals surface area contributed by atoms with Crippen molar-refractivity contribution in [3.63, 3.8) is 0 Å². The van der Waals surface area contributed by atoms with Crippen LogP contribution in [0, 0.1) is 0 Å². The van der Waals surface area contributed by atoms with Crippen LogP contribution in [0.15, 0.2) is 21.9 Å². The maximum absolute atomic E-state index is 5.43. The van der Waals surface area contributed by atoms with E-state index >= 15 is 0 Å². The second kappa shape index (κ2) is 12.0. The molecule has 0 amide bonds. The summed E-state index contributed by atoms with van der Waals surface area (Å²) in [5, 5.41) is 3.53. The van der Waals surface area contributed by atoms with E-state index in [-0.39, 0.29) is 0 Å². The van der Waals surface area contributed by atoms with E-state index in [0.29, 0.717) is 0 Å². The van der Waals surface area contributed by atoms with Gasteiger partial charge >= 0.3 is 0 Å². The Labute approximate surface area is 164 Å². The summed E-state index contributed by atoms with van der Waals surface area (Å²) < 4.78 is 5.43. The van der Waals surface area contributed by atoms with Crippen molar-refractivity contribution in [2.75, 3.05) is 43.1 Å². The standard InChI is InChI=1S/C20H34N2OS2/c1-2-3-4-5-6-7-8-9-10-21-20-18(24)15-17(16-19(20)25)22-11-13-23-14-12-22/h15-16,21,24-25H,2-14H2,1H3. The van der Waals surface area contributed by atoms with Gasteiger partial charge in [0, 0.05) is 35.1 Å². The number of morpholine rings is 1. The minimum atomic E-state index is 0.794. The van der Waals surface area contributed by atoms with E-state index in [1.165, 1.54) is 57.1 Å². The number of unbranched alkanes of at least 4 members (excludes halogenated alkanes) is 7. The Kier molecular flexibility index (Phi) is 9.96. The highest BCUT2D eigenvalue weighted by Gasteiger charge is 2.14. The first-order valence-corrected chi connectivity index (χ1v) is 10.7. The predicted octanol–water partition coefficient (Wildman–Crippen LogP) is 5.65. The zero-order chi connectivity index (χ0) is 17.9. The minimum absolute atomic E-state index is 0.794. The molecule has 0 unspecified atom stereocenters. The van der Waals surface area contributed by atoms with Gasteiger partial charge in [-0.05, 0) is 18.6 Å². The van der Waals surface area contributed by atoms with Gasteiger partial charge in [-0.15, -0.1) is 25.3 Å². The molecule has 3 nitrogen and oxygen atoms in total. The fourth-order valence-electron chi connectivity index (χ4n) is 3.25. The Morgan fingerprint density at radius 2 is 1.48 bits per heavy atom. The molecule has 0 saturated carbocycles. The molecule has 1 aliphatic rings. The molecule has 1 fully saturated rings. The second-order valence-electron chi connectivity index (χ2n) is 6.86. The van der Waals surface area contributed by atoms with Gasteiger partial charge in [-0.2, -0.15) is 0 Å². The average molecular weight is 383 g/mol. The summed E-state index contributed by atoms with van der Waals surface area (Å²) in [4.78, 5) is 4.30. The van der Waals surface area contributed by atoms with E-state index in [4.69, 9.17) is 4.74 Å². The number of nitrogens with zero attached hydrogens (tertiary/aromatic N) is 1. The summed E-state index contributed by atoms with van der Waals surface area (Å²) in [5.41, 5.74) is 2.25. The molecule has 5 heteroatoms. The molecule has 1 saturated heterocycles. The van der Waals surface area contributed by atoms with Crippen molar-refractivity contribution >= 4 is 36.6 Å². The molecular weight excluding hydrogens is 348 g/mol. The first-order valence-electron chi connectivity index (χ1n) is 9.85. The van der Waals surface area contributed by atoms with Crippen LogP contribution >= 0.6 is 25.3 Å². The summed E-state index contributed by atoms with van der Waals surface area (Å²) in [6, 6.07) is 4.29. The Bertz CT molecular complexity index is 481. The maximum Gasteiger partial charge on any atom is 0.0642 e. The van der Waals surface area contributed by atoms with Gasteiger partial charge < -0.3 is 15.0 Å². The molecule has 0 atom stereocenters. The van der Waals surface area contributed by atoms with Gasteiger partial charge in [-0.25, -0.2) is 0 Å². The van der Waals surface area contributed by atoms with E-state index in [2.05, 4.69) is 54.5 Å². The quantitative estimate of drug-likeness (QED) is 0.340. The Morgan fingerprint density at radius 1 is 0.920 bits per heavy atom. The van der Waals surface area contributed by atoms with Gasteiger partial charge in [0.2, 0.25) is 0 Å². The van der Waals surface area contributed by atoms with Crippen molar-refractivity contribution < 1.29 is 4.74 Å². The minimum Gasteiger partial charge on any atom is -0.383 e. The van der Waals surface area contributed by atoms with Crippen LogP contribution in [-0.4, -0.2) is 32.8 Å². The molecule has 1 heterocycles. The fourth-order valence-corrected chi connectivity index (χ4v) is 4.01. The zero-order valence-electron chi connectivity index (χ0n) is 15.6. The smallest absolute Gasteiger partial charge is 0.0642 e. The lowest BCUT2D eigenvalue weighted by molar-refractivity contribution is 0.122. The highest BCUT2D eigenvalue weighted by Crippen LogP contribution is 2.33. The summed E-state index contributed by atoms with van der Waals surface area (Å²) in [7, 11) is 0. The van der Waals surface area contributed by atoms with Crippen LogP contribution in [0.1, 0.15) is 58.3 Å². The van der Waals surface area contributed by atoms with Gasteiger partial charge in [-0.1, -0.05) is 51.9 Å². The molecule has 0 radical (unpaired) electrons. The second-order valence-corrected chi connectivity index (χ2v) is 7.82. The Balaban J connectivity index is 1.71. The fraction of sp³-hybridized carbons (Fsp3) is 0.700. The molecule has 1 aromatic carbocycles. The number of anilines is 2. The zero-order valence-corrected chi connectivity index (χ0v) is 17.4. The molecule has 1 aliphatic heterocycles. The molecule has 0 aliphatic carbocycles. The first kappa shape index (κ1) is 20.8. The largest absolute Gasteiger partial charge is 0.383 e. The Hall–Kier alpha value is -0.520. The van der Waals surface area contributed by atoms with Crippen LogP contribution in [0.25, 0.3) is 0 Å². The van der Waals surface area contributed by atoms with Gasteiger partial charge in [0.1, 0.15) is 0 Å². The van der Waals surface area contributed by atoms with Crippen LogP contribution in [0.2, 0.25) is 0 Å². The van der Waals surface area contributed by atoms with Crippen molar-refractivity contribution in [2.45, 2.75) is 68.1 Å². The topological polar surface area (TPSA) is 24.5 Å². The third-order valence-electron chi connectivity index (χ3n) is 4.79. The van der Waals surface area contributed by atoms with E-state index in [1.807, 2.05) is 0 Å². The normalized spacial score (nSPS) is 14.8. The molecule has 0 spiro atoms. The van der Waals surface area contributed by atoms with Crippen molar-refractivity contribution in [1.82, 2.24) is 0 Å². The van der Waals surface area contributed by atoms with Crippen LogP contribution in [-0.2, 0) is 4.74 Å². The van der Waals surface area contributed by atoms with Crippen molar-refractivity contribution in [2.24, 2.45) is 0 Å². The third kappa shape index (κ3) is 7.32. The van der Waals surface area contributed by atoms with Crippen molar-refractivity contribution in [3.8, 4) is 0 Å². The van der Waals surface area contributed by atoms with Crippen LogP contribution in [0.5, 0.6) is 0 Å². The van der Waals surface area contributed by atoms with Gasteiger partial charge in [0.05, 0.1) is 18.9 Å². The lowest BCUT2D eigenvalue weighted by Gasteiger charge is -2.29. The first-order chi connectivity index (χ1) is 12.2.